The lowest BCUT2D eigenvalue weighted by molar-refractivity contribution is -0.147. The molecule has 0 aliphatic heterocycles. The van der Waals surface area contributed by atoms with Crippen LogP contribution in [0.5, 0.6) is 0 Å². The van der Waals surface area contributed by atoms with Crippen LogP contribution in [-0.2, 0) is 20.7 Å². The van der Waals surface area contributed by atoms with Gasteiger partial charge in [0, 0.05) is 11.4 Å². The van der Waals surface area contributed by atoms with E-state index in [1.54, 1.807) is 24.3 Å². The van der Waals surface area contributed by atoms with Crippen molar-refractivity contribution in [3.8, 4) is 0 Å². The number of ether oxygens (including phenoxy) is 1. The summed E-state index contributed by atoms with van der Waals surface area (Å²) in [5.41, 5.74) is 0.126. The highest BCUT2D eigenvalue weighted by atomic mass is 35.5. The molecule has 7 nitrogen and oxygen atoms in total. The predicted molar refractivity (Wildman–Crippen MR) is 102 cm³/mol. The van der Waals surface area contributed by atoms with Crippen LogP contribution in [0.25, 0.3) is 10.9 Å². The van der Waals surface area contributed by atoms with Gasteiger partial charge in [0.25, 0.3) is 11.5 Å². The number of benzene rings is 2. The highest BCUT2D eigenvalue weighted by molar-refractivity contribution is 6.30. The Kier molecular flexibility index (Phi) is 6.00. The fourth-order valence-electron chi connectivity index (χ4n) is 2.47. The van der Waals surface area contributed by atoms with Gasteiger partial charge in [0.1, 0.15) is 11.6 Å². The zero-order valence-corrected chi connectivity index (χ0v) is 15.3. The van der Waals surface area contributed by atoms with E-state index in [4.69, 9.17) is 16.3 Å². The van der Waals surface area contributed by atoms with E-state index >= 15 is 0 Å². The van der Waals surface area contributed by atoms with Crippen LogP contribution in [0.15, 0.2) is 47.3 Å². The monoisotopic (exact) mass is 403 g/mol. The van der Waals surface area contributed by atoms with E-state index in [-0.39, 0.29) is 29.1 Å². The van der Waals surface area contributed by atoms with Gasteiger partial charge >= 0.3 is 5.97 Å². The summed E-state index contributed by atoms with van der Waals surface area (Å²) < 4.78 is 18.4. The molecule has 0 saturated heterocycles. The lowest BCUT2D eigenvalue weighted by Gasteiger charge is -2.08. The highest BCUT2D eigenvalue weighted by Gasteiger charge is 2.12. The van der Waals surface area contributed by atoms with Crippen LogP contribution >= 0.6 is 11.6 Å². The zero-order chi connectivity index (χ0) is 20.1. The van der Waals surface area contributed by atoms with Gasteiger partial charge in [-0.05, 0) is 30.3 Å². The van der Waals surface area contributed by atoms with Crippen molar-refractivity contribution in [2.24, 2.45) is 0 Å². The number of esters is 1. The largest absolute Gasteiger partial charge is 0.456 e. The Balaban J connectivity index is 1.51. The van der Waals surface area contributed by atoms with Crippen molar-refractivity contribution < 1.29 is 18.7 Å². The predicted octanol–water partition coefficient (Wildman–Crippen LogP) is 2.83. The van der Waals surface area contributed by atoms with Crippen LogP contribution in [0.3, 0.4) is 0 Å². The van der Waals surface area contributed by atoms with E-state index in [0.29, 0.717) is 16.7 Å². The second-order valence-electron chi connectivity index (χ2n) is 5.86. The van der Waals surface area contributed by atoms with Gasteiger partial charge in [-0.1, -0.05) is 23.7 Å². The Morgan fingerprint density at radius 3 is 2.82 bits per heavy atom. The van der Waals surface area contributed by atoms with Crippen molar-refractivity contribution in [3.63, 3.8) is 0 Å². The number of nitrogens with zero attached hydrogens (tertiary/aromatic N) is 1. The van der Waals surface area contributed by atoms with Gasteiger partial charge in [-0.25, -0.2) is 9.37 Å². The summed E-state index contributed by atoms with van der Waals surface area (Å²) in [6, 6.07) is 10.6. The number of aromatic nitrogens is 2. The average molecular weight is 404 g/mol. The molecule has 1 heterocycles. The topological polar surface area (TPSA) is 101 Å². The van der Waals surface area contributed by atoms with Crippen molar-refractivity contribution in [3.05, 3.63) is 69.5 Å². The molecule has 3 rings (SSSR count). The number of aromatic amines is 1. The molecule has 1 amide bonds. The molecular weight excluding hydrogens is 389 g/mol. The van der Waals surface area contributed by atoms with Crippen LogP contribution in [0.2, 0.25) is 5.02 Å². The summed E-state index contributed by atoms with van der Waals surface area (Å²) in [7, 11) is 0. The van der Waals surface area contributed by atoms with E-state index in [1.165, 1.54) is 12.1 Å². The first kappa shape index (κ1) is 19.5. The van der Waals surface area contributed by atoms with E-state index in [2.05, 4.69) is 15.3 Å². The zero-order valence-electron chi connectivity index (χ0n) is 14.5. The van der Waals surface area contributed by atoms with Gasteiger partial charge in [-0.2, -0.15) is 0 Å². The maximum atomic E-state index is 13.6. The summed E-state index contributed by atoms with van der Waals surface area (Å²) in [5, 5.41) is 2.98. The van der Waals surface area contributed by atoms with Gasteiger partial charge < -0.3 is 15.0 Å². The Hall–Kier alpha value is -3.26. The molecule has 28 heavy (non-hydrogen) atoms. The minimum Gasteiger partial charge on any atom is -0.456 e. The van der Waals surface area contributed by atoms with E-state index < -0.39 is 24.3 Å². The highest BCUT2D eigenvalue weighted by Crippen LogP contribution is 2.19. The third-order valence-corrected chi connectivity index (χ3v) is 4.03. The first-order valence-electron chi connectivity index (χ1n) is 8.31. The van der Waals surface area contributed by atoms with Crippen molar-refractivity contribution in [2.45, 2.75) is 12.8 Å². The number of carbonyl (C=O) groups excluding carboxylic acids is 2. The SMILES string of the molecule is O=C(COC(=O)CCc1nc2ccccc2c(=O)[nH]1)Nc1cc(Cl)ccc1F. The smallest absolute Gasteiger partial charge is 0.306 e. The Morgan fingerprint density at radius 1 is 1.21 bits per heavy atom. The number of nitrogens with one attached hydrogen (secondary N) is 2. The average Bonchev–Trinajstić information content (AvgIpc) is 2.67. The number of anilines is 1. The number of aryl methyl sites for hydroxylation is 1. The number of halogens is 2. The number of para-hydroxylation sites is 1. The number of amides is 1. The number of hydrogen-bond acceptors (Lipinski definition) is 5. The molecular formula is C19H15ClFN3O4. The van der Waals surface area contributed by atoms with Gasteiger partial charge in [-0.3, -0.25) is 14.4 Å². The molecule has 2 aromatic carbocycles. The number of carbonyl (C=O) groups is 2. The molecule has 3 aromatic rings. The quantitative estimate of drug-likeness (QED) is 0.616. The van der Waals surface area contributed by atoms with E-state index in [0.717, 1.165) is 6.07 Å². The van der Waals surface area contributed by atoms with Crippen molar-refractivity contribution >= 4 is 40.1 Å². The molecule has 0 aliphatic carbocycles. The van der Waals surface area contributed by atoms with Crippen molar-refractivity contribution in [1.29, 1.82) is 0 Å². The van der Waals surface area contributed by atoms with Gasteiger partial charge in [0.05, 0.1) is 23.0 Å². The van der Waals surface area contributed by atoms with Crippen LogP contribution in [-0.4, -0.2) is 28.5 Å². The number of H-pyrrole nitrogens is 1. The van der Waals surface area contributed by atoms with Gasteiger partial charge in [-0.15, -0.1) is 0 Å². The van der Waals surface area contributed by atoms with Gasteiger partial charge in [0.2, 0.25) is 0 Å². The minimum atomic E-state index is -0.702. The minimum absolute atomic E-state index is 0.0832. The maximum absolute atomic E-state index is 13.6. The molecule has 9 heteroatoms. The number of rotatable bonds is 6. The molecule has 1 aromatic heterocycles. The van der Waals surface area contributed by atoms with Crippen molar-refractivity contribution in [2.75, 3.05) is 11.9 Å². The fraction of sp³-hybridized carbons (Fsp3) is 0.158. The maximum Gasteiger partial charge on any atom is 0.306 e. The molecule has 0 radical (unpaired) electrons. The van der Waals surface area contributed by atoms with Crippen LogP contribution < -0.4 is 10.9 Å². The standard InChI is InChI=1S/C19H15ClFN3O4/c20-11-5-6-13(21)15(9-11)23-17(25)10-28-18(26)8-7-16-22-14-4-2-1-3-12(14)19(27)24-16/h1-6,9H,7-8,10H2,(H,23,25)(H,22,24,27). The summed E-state index contributed by atoms with van der Waals surface area (Å²) in [4.78, 5) is 42.5. The number of fused-ring (bicyclic) bond motifs is 1. The second kappa shape index (κ2) is 8.62. The summed E-state index contributed by atoms with van der Waals surface area (Å²) in [5.74, 6) is -1.68. The van der Waals surface area contributed by atoms with E-state index in [1.807, 2.05) is 0 Å². The molecule has 144 valence electrons. The van der Waals surface area contributed by atoms with Gasteiger partial charge in [0.15, 0.2) is 6.61 Å². The molecule has 2 N–H and O–H groups in total. The van der Waals surface area contributed by atoms with Crippen LogP contribution in [0, 0.1) is 5.82 Å². The van der Waals surface area contributed by atoms with Crippen molar-refractivity contribution in [1.82, 2.24) is 9.97 Å². The summed E-state index contributed by atoms with van der Waals surface area (Å²) in [6.07, 6.45) is 0.0591. The lowest BCUT2D eigenvalue weighted by atomic mass is 10.2. The first-order chi connectivity index (χ1) is 13.4. The first-order valence-corrected chi connectivity index (χ1v) is 8.68. The lowest BCUT2D eigenvalue weighted by Crippen LogP contribution is -2.22. The normalized spacial score (nSPS) is 10.6. The molecule has 0 atom stereocenters. The summed E-state index contributed by atoms with van der Waals surface area (Å²) >= 11 is 5.74. The molecule has 0 fully saturated rings. The molecule has 0 unspecified atom stereocenters. The molecule has 0 saturated carbocycles. The Labute approximate surface area is 163 Å². The van der Waals surface area contributed by atoms with Crippen LogP contribution in [0.4, 0.5) is 10.1 Å². The molecule has 0 aliphatic rings. The second-order valence-corrected chi connectivity index (χ2v) is 6.30. The fourth-order valence-corrected chi connectivity index (χ4v) is 2.64. The van der Waals surface area contributed by atoms with Crippen LogP contribution in [0.1, 0.15) is 12.2 Å². The number of hydrogen-bond donors (Lipinski definition) is 2. The summed E-state index contributed by atoms with van der Waals surface area (Å²) in [6.45, 7) is -0.577. The van der Waals surface area contributed by atoms with E-state index in [9.17, 15) is 18.8 Å². The molecule has 0 spiro atoms. The third kappa shape index (κ3) is 4.92. The Bertz CT molecular complexity index is 1100. The third-order valence-electron chi connectivity index (χ3n) is 3.79. The Morgan fingerprint density at radius 2 is 2.00 bits per heavy atom. The molecule has 0 bridgehead atoms.